The molecule has 0 aliphatic rings. The third-order valence-corrected chi connectivity index (χ3v) is 3.21. The second-order valence-corrected chi connectivity index (χ2v) is 4.80. The van der Waals surface area contributed by atoms with Crippen molar-refractivity contribution >= 4 is 32.8 Å². The van der Waals surface area contributed by atoms with Crippen molar-refractivity contribution in [2.75, 3.05) is 6.61 Å². The fraction of sp³-hybridized carbons (Fsp3) is 0.154. The summed E-state index contributed by atoms with van der Waals surface area (Å²) in [5.74, 6) is -1.17. The maximum atomic E-state index is 12.0. The lowest BCUT2D eigenvalue weighted by Crippen LogP contribution is -2.12. The molecule has 2 aromatic rings. The molecule has 1 aromatic carbocycles. The van der Waals surface area contributed by atoms with Crippen molar-refractivity contribution in [3.63, 3.8) is 0 Å². The van der Waals surface area contributed by atoms with Crippen LogP contribution in [0.25, 0.3) is 10.9 Å². The number of rotatable bonds is 2. The number of aromatic nitrogens is 1. The summed E-state index contributed by atoms with van der Waals surface area (Å²) < 4.78 is 4.92. The van der Waals surface area contributed by atoms with Crippen LogP contribution in [0.15, 0.2) is 32.3 Å². The number of esters is 1. The zero-order valence-electron chi connectivity index (χ0n) is 10.4. The molecule has 1 aromatic heterocycles. The average Bonchev–Trinajstić information content (AvgIpc) is 2.50. The second kappa shape index (κ2) is 5.46. The molecule has 0 spiro atoms. The quantitative estimate of drug-likeness (QED) is 0.809. The van der Waals surface area contributed by atoms with E-state index in [9.17, 15) is 19.5 Å². The van der Waals surface area contributed by atoms with E-state index < -0.39 is 22.6 Å². The van der Waals surface area contributed by atoms with Crippen LogP contribution >= 0.6 is 15.9 Å². The monoisotopic (exact) mass is 339 g/mol. The van der Waals surface area contributed by atoms with Gasteiger partial charge in [-0.1, -0.05) is 0 Å². The SMILES string of the molecule is CCOC(=O)c1cc(=O)c2cc(=O)c(O)c(Br)cc2[nH]1. The number of fused-ring (bicyclic) bond motifs is 1. The van der Waals surface area contributed by atoms with Gasteiger partial charge in [0.2, 0.25) is 5.43 Å². The van der Waals surface area contributed by atoms with E-state index in [1.54, 1.807) is 6.92 Å². The molecule has 6 nitrogen and oxygen atoms in total. The molecule has 0 unspecified atom stereocenters. The Bertz CT molecular complexity index is 812. The number of ether oxygens (including phenoxy) is 1. The predicted octanol–water partition coefficient (Wildman–Crippen LogP) is 1.53. The summed E-state index contributed by atoms with van der Waals surface area (Å²) in [5, 5.41) is 9.64. The lowest BCUT2D eigenvalue weighted by molar-refractivity contribution is 0.0520. The van der Waals surface area contributed by atoms with Gasteiger partial charge in [0.15, 0.2) is 11.2 Å². The van der Waals surface area contributed by atoms with Gasteiger partial charge in [-0.05, 0) is 28.9 Å². The largest absolute Gasteiger partial charge is 0.503 e. The minimum atomic E-state index is -0.693. The van der Waals surface area contributed by atoms with E-state index in [-0.39, 0.29) is 27.7 Å². The van der Waals surface area contributed by atoms with E-state index in [4.69, 9.17) is 4.74 Å². The van der Waals surface area contributed by atoms with E-state index in [2.05, 4.69) is 20.9 Å². The first-order chi connectivity index (χ1) is 9.43. The Morgan fingerprint density at radius 2 is 2.00 bits per heavy atom. The van der Waals surface area contributed by atoms with Crippen LogP contribution in [0.1, 0.15) is 17.4 Å². The van der Waals surface area contributed by atoms with E-state index >= 15 is 0 Å². The van der Waals surface area contributed by atoms with Crippen LogP contribution < -0.4 is 10.9 Å². The van der Waals surface area contributed by atoms with Crippen molar-refractivity contribution in [2.45, 2.75) is 6.92 Å². The number of carbonyl (C=O) groups is 1. The highest BCUT2D eigenvalue weighted by molar-refractivity contribution is 9.10. The molecule has 2 rings (SSSR count). The molecular formula is C13H10BrNO5. The lowest BCUT2D eigenvalue weighted by Gasteiger charge is -2.02. The Kier molecular flexibility index (Phi) is 3.89. The number of hydrogen-bond donors (Lipinski definition) is 2. The zero-order chi connectivity index (χ0) is 14.9. The molecule has 0 fully saturated rings. The summed E-state index contributed by atoms with van der Waals surface area (Å²) in [6.07, 6.45) is 0. The molecule has 0 amide bonds. The van der Waals surface area contributed by atoms with Crippen molar-refractivity contribution in [1.29, 1.82) is 0 Å². The highest BCUT2D eigenvalue weighted by Crippen LogP contribution is 2.20. The third-order valence-electron chi connectivity index (χ3n) is 2.60. The molecule has 104 valence electrons. The number of aromatic hydroxyl groups is 1. The Hall–Kier alpha value is -2.15. The predicted molar refractivity (Wildman–Crippen MR) is 76.2 cm³/mol. The van der Waals surface area contributed by atoms with Gasteiger partial charge in [-0.25, -0.2) is 4.79 Å². The van der Waals surface area contributed by atoms with Gasteiger partial charge in [0.1, 0.15) is 5.69 Å². The summed E-state index contributed by atoms with van der Waals surface area (Å²) in [5.41, 5.74) is -0.984. The van der Waals surface area contributed by atoms with Crippen LogP contribution in [0.2, 0.25) is 0 Å². The summed E-state index contributed by atoms with van der Waals surface area (Å²) in [4.78, 5) is 37.9. The molecular weight excluding hydrogens is 330 g/mol. The summed E-state index contributed by atoms with van der Waals surface area (Å²) in [6, 6.07) is 3.43. The number of nitrogens with one attached hydrogen (secondary N) is 1. The summed E-state index contributed by atoms with van der Waals surface area (Å²) >= 11 is 3.03. The number of halogens is 1. The van der Waals surface area contributed by atoms with E-state index in [1.165, 1.54) is 6.07 Å². The number of H-pyrrole nitrogens is 1. The number of hydrogen-bond acceptors (Lipinski definition) is 5. The first-order valence-electron chi connectivity index (χ1n) is 5.71. The van der Waals surface area contributed by atoms with Gasteiger partial charge in [-0.2, -0.15) is 0 Å². The van der Waals surface area contributed by atoms with Gasteiger partial charge in [0.05, 0.1) is 16.6 Å². The van der Waals surface area contributed by atoms with Gasteiger partial charge in [0, 0.05) is 17.5 Å². The summed E-state index contributed by atoms with van der Waals surface area (Å²) in [7, 11) is 0. The molecule has 0 radical (unpaired) electrons. The maximum Gasteiger partial charge on any atom is 0.354 e. The lowest BCUT2D eigenvalue weighted by atomic mass is 10.2. The highest BCUT2D eigenvalue weighted by Gasteiger charge is 2.12. The Labute approximate surface area is 121 Å². The molecule has 0 atom stereocenters. The number of pyridine rings is 1. The third kappa shape index (κ3) is 2.57. The first kappa shape index (κ1) is 14.3. The van der Waals surface area contributed by atoms with Gasteiger partial charge in [-0.15, -0.1) is 0 Å². The Morgan fingerprint density at radius 1 is 1.30 bits per heavy atom. The normalized spacial score (nSPS) is 10.5. The van der Waals surface area contributed by atoms with E-state index in [0.29, 0.717) is 0 Å². The molecule has 0 aliphatic heterocycles. The molecule has 0 saturated heterocycles. The fourth-order valence-electron chi connectivity index (χ4n) is 1.68. The topological polar surface area (TPSA) is 96.5 Å². The van der Waals surface area contributed by atoms with Gasteiger partial charge >= 0.3 is 5.97 Å². The molecule has 7 heteroatoms. The van der Waals surface area contributed by atoms with Crippen molar-refractivity contribution in [1.82, 2.24) is 4.98 Å². The van der Waals surface area contributed by atoms with E-state index in [0.717, 1.165) is 12.1 Å². The fourth-order valence-corrected chi connectivity index (χ4v) is 2.11. The van der Waals surface area contributed by atoms with Crippen molar-refractivity contribution < 1.29 is 14.6 Å². The van der Waals surface area contributed by atoms with Crippen LogP contribution in [-0.4, -0.2) is 22.7 Å². The highest BCUT2D eigenvalue weighted by atomic mass is 79.9. The van der Waals surface area contributed by atoms with Crippen LogP contribution in [0.3, 0.4) is 0 Å². The zero-order valence-corrected chi connectivity index (χ0v) is 12.0. The number of aromatic amines is 1. The van der Waals surface area contributed by atoms with Crippen LogP contribution in [-0.2, 0) is 4.74 Å². The average molecular weight is 340 g/mol. The Balaban J connectivity index is 2.82. The van der Waals surface area contributed by atoms with Crippen LogP contribution in [0.5, 0.6) is 5.75 Å². The molecule has 2 N–H and O–H groups in total. The van der Waals surface area contributed by atoms with Crippen LogP contribution in [0, 0.1) is 0 Å². The van der Waals surface area contributed by atoms with Gasteiger partial charge < -0.3 is 14.8 Å². The van der Waals surface area contributed by atoms with Crippen molar-refractivity contribution in [2.24, 2.45) is 0 Å². The minimum Gasteiger partial charge on any atom is -0.503 e. The van der Waals surface area contributed by atoms with E-state index in [1.807, 2.05) is 0 Å². The van der Waals surface area contributed by atoms with Crippen LogP contribution in [0.4, 0.5) is 0 Å². The maximum absolute atomic E-state index is 12.0. The standard InChI is InChI=1S/C13H10BrNO5/c1-2-20-13(19)9-5-10(16)6-3-11(17)12(18)7(14)4-8(6)15-9/h3-5H,2H2,1H3,(H,15,16)(H,17,18). The summed E-state index contributed by atoms with van der Waals surface area (Å²) in [6.45, 7) is 1.83. The minimum absolute atomic E-state index is 0.0191. The molecule has 0 aliphatic carbocycles. The molecule has 0 saturated carbocycles. The Morgan fingerprint density at radius 3 is 2.65 bits per heavy atom. The van der Waals surface area contributed by atoms with Crippen molar-refractivity contribution in [3.05, 3.63) is 48.8 Å². The van der Waals surface area contributed by atoms with Crippen molar-refractivity contribution in [3.8, 4) is 5.75 Å². The molecule has 0 bridgehead atoms. The van der Waals surface area contributed by atoms with Gasteiger partial charge in [-0.3, -0.25) is 9.59 Å². The smallest absolute Gasteiger partial charge is 0.354 e. The first-order valence-corrected chi connectivity index (χ1v) is 6.50. The van der Waals surface area contributed by atoms with Gasteiger partial charge in [0.25, 0.3) is 0 Å². The molecule has 20 heavy (non-hydrogen) atoms. The second-order valence-electron chi connectivity index (χ2n) is 3.94. The number of carbonyl (C=O) groups excluding carboxylic acids is 1. The molecule has 1 heterocycles.